The van der Waals surface area contributed by atoms with Crippen LogP contribution in [-0.4, -0.2) is 20.9 Å². The predicted octanol–water partition coefficient (Wildman–Crippen LogP) is 2.16. The molecule has 2 aromatic rings. The average Bonchev–Trinajstić information content (AvgIpc) is 2.93. The molecule has 0 spiro atoms. The quantitative estimate of drug-likeness (QED) is 0.885. The zero-order valence-corrected chi connectivity index (χ0v) is 13.3. The lowest BCUT2D eigenvalue weighted by Gasteiger charge is -2.07. The topological polar surface area (TPSA) is 96.3 Å². The maximum absolute atomic E-state index is 11.9. The number of hydrogen-bond donors (Lipinski definition) is 1. The van der Waals surface area contributed by atoms with E-state index < -0.39 is 22.5 Å². The Morgan fingerprint density at radius 2 is 1.95 bits per heavy atom. The minimum Gasteiger partial charge on any atom is -0.484 e. The lowest BCUT2D eigenvalue weighted by atomic mass is 10.2. The van der Waals surface area contributed by atoms with Crippen LogP contribution < -0.4 is 9.46 Å². The number of nitrogens with zero attached hydrogens (tertiary/aromatic N) is 1. The first-order chi connectivity index (χ1) is 10.4. The van der Waals surface area contributed by atoms with Crippen LogP contribution in [0.1, 0.15) is 5.56 Å². The molecule has 1 aromatic heterocycles. The van der Waals surface area contributed by atoms with Gasteiger partial charge >= 0.3 is 0 Å². The summed E-state index contributed by atoms with van der Waals surface area (Å²) in [7, 11) is -3.94. The Bertz CT molecular complexity index is 822. The first kappa shape index (κ1) is 16.3. The Morgan fingerprint density at radius 1 is 1.27 bits per heavy atom. The Balaban J connectivity index is 1.94. The van der Waals surface area contributed by atoms with E-state index in [4.69, 9.17) is 21.6 Å². The Morgan fingerprint density at radius 3 is 2.50 bits per heavy atom. The molecular weight excluding hydrogens is 348 g/mol. The summed E-state index contributed by atoms with van der Waals surface area (Å²) >= 11 is 6.51. The number of ether oxygens (including phenoxy) is 1. The second-order valence-electron chi connectivity index (χ2n) is 4.01. The fraction of sp³-hybridized carbons (Fsp3) is 0.0769. The fourth-order valence-electron chi connectivity index (χ4n) is 1.45. The van der Waals surface area contributed by atoms with Gasteiger partial charge in [-0.15, -0.1) is 11.3 Å². The van der Waals surface area contributed by atoms with Gasteiger partial charge in [0.2, 0.25) is 0 Å². The third-order valence-corrected chi connectivity index (χ3v) is 5.51. The molecule has 1 heterocycles. The van der Waals surface area contributed by atoms with Crippen molar-refractivity contribution in [1.29, 1.82) is 5.26 Å². The van der Waals surface area contributed by atoms with Gasteiger partial charge in [0.15, 0.2) is 6.61 Å². The fourth-order valence-corrected chi connectivity index (χ4v) is 3.90. The molecular formula is C13H9ClN2O4S2. The van der Waals surface area contributed by atoms with Crippen LogP contribution >= 0.6 is 22.9 Å². The molecule has 0 radical (unpaired) electrons. The minimum atomic E-state index is -3.94. The van der Waals surface area contributed by atoms with E-state index in [2.05, 4.69) is 0 Å². The molecule has 0 saturated heterocycles. The van der Waals surface area contributed by atoms with Gasteiger partial charge in [-0.05, 0) is 36.4 Å². The number of amides is 1. The minimum absolute atomic E-state index is 0.0516. The van der Waals surface area contributed by atoms with Crippen molar-refractivity contribution >= 4 is 38.9 Å². The summed E-state index contributed by atoms with van der Waals surface area (Å²) in [6.45, 7) is -0.468. The van der Waals surface area contributed by atoms with Gasteiger partial charge in [-0.25, -0.2) is 13.1 Å². The van der Waals surface area contributed by atoms with Crippen molar-refractivity contribution in [2.24, 2.45) is 0 Å². The van der Waals surface area contributed by atoms with Gasteiger partial charge in [0.1, 0.15) is 9.96 Å². The first-order valence-corrected chi connectivity index (χ1v) is 8.52. The molecule has 0 fully saturated rings. The summed E-state index contributed by atoms with van der Waals surface area (Å²) in [5.41, 5.74) is 0.453. The number of hydrogen-bond acceptors (Lipinski definition) is 6. The van der Waals surface area contributed by atoms with Gasteiger partial charge in [0.25, 0.3) is 15.9 Å². The Kier molecular flexibility index (Phi) is 5.03. The zero-order valence-electron chi connectivity index (χ0n) is 10.9. The molecule has 0 saturated carbocycles. The molecule has 6 nitrogen and oxygen atoms in total. The molecule has 1 amide bonds. The van der Waals surface area contributed by atoms with Crippen molar-refractivity contribution in [3.05, 3.63) is 46.3 Å². The van der Waals surface area contributed by atoms with Crippen molar-refractivity contribution < 1.29 is 17.9 Å². The predicted molar refractivity (Wildman–Crippen MR) is 81.3 cm³/mol. The van der Waals surface area contributed by atoms with Gasteiger partial charge in [0, 0.05) is 0 Å². The van der Waals surface area contributed by atoms with Crippen molar-refractivity contribution in [3.63, 3.8) is 0 Å². The molecule has 2 rings (SSSR count). The highest BCUT2D eigenvalue weighted by Gasteiger charge is 2.19. The van der Waals surface area contributed by atoms with E-state index in [1.54, 1.807) is 0 Å². The Hall–Kier alpha value is -2.08. The lowest BCUT2D eigenvalue weighted by molar-refractivity contribution is -0.121. The van der Waals surface area contributed by atoms with Crippen LogP contribution in [-0.2, 0) is 14.8 Å². The number of nitriles is 1. The second kappa shape index (κ2) is 6.79. The van der Waals surface area contributed by atoms with Crippen molar-refractivity contribution in [3.8, 4) is 11.8 Å². The van der Waals surface area contributed by atoms with Gasteiger partial charge in [0.05, 0.1) is 16.0 Å². The van der Waals surface area contributed by atoms with Crippen LogP contribution in [0.3, 0.4) is 0 Å². The molecule has 0 aliphatic heterocycles. The Labute approximate surface area is 136 Å². The molecule has 9 heteroatoms. The third-order valence-electron chi connectivity index (χ3n) is 2.41. The number of benzene rings is 1. The van der Waals surface area contributed by atoms with Crippen molar-refractivity contribution in [1.82, 2.24) is 4.72 Å². The summed E-state index contributed by atoms with van der Waals surface area (Å²) < 4.78 is 31.0. The van der Waals surface area contributed by atoms with Crippen molar-refractivity contribution in [2.75, 3.05) is 6.61 Å². The van der Waals surface area contributed by atoms with E-state index in [1.807, 2.05) is 10.8 Å². The van der Waals surface area contributed by atoms with Crippen LogP contribution in [0.25, 0.3) is 0 Å². The molecule has 1 aromatic carbocycles. The highest BCUT2D eigenvalue weighted by atomic mass is 35.5. The number of nitrogens with one attached hydrogen (secondary N) is 1. The molecule has 0 unspecified atom stereocenters. The highest BCUT2D eigenvalue weighted by Crippen LogP contribution is 2.25. The summed E-state index contributed by atoms with van der Waals surface area (Å²) in [6, 6.07) is 10.8. The van der Waals surface area contributed by atoms with E-state index in [1.165, 1.54) is 36.4 Å². The summed E-state index contributed by atoms with van der Waals surface area (Å²) in [5.74, 6) is -0.459. The molecule has 0 atom stereocenters. The van der Waals surface area contributed by atoms with Gasteiger partial charge in [-0.3, -0.25) is 4.79 Å². The molecule has 0 aliphatic rings. The normalized spacial score (nSPS) is 10.7. The number of rotatable bonds is 5. The number of carbonyl (C=O) groups is 1. The number of carbonyl (C=O) groups excluding carboxylic acids is 1. The summed E-state index contributed by atoms with van der Waals surface area (Å²) in [6.07, 6.45) is 0. The zero-order chi connectivity index (χ0) is 16.2. The second-order valence-corrected chi connectivity index (χ2v) is 7.64. The molecule has 0 aliphatic carbocycles. The highest BCUT2D eigenvalue weighted by molar-refractivity contribution is 7.92. The van der Waals surface area contributed by atoms with Gasteiger partial charge in [-0.2, -0.15) is 5.26 Å². The van der Waals surface area contributed by atoms with Crippen LogP contribution in [0.2, 0.25) is 4.34 Å². The molecule has 22 heavy (non-hydrogen) atoms. The SMILES string of the molecule is N#Cc1ccc(OCC(=O)NS(=O)(=O)c2ccc(Cl)s2)cc1. The smallest absolute Gasteiger partial charge is 0.273 e. The molecule has 114 valence electrons. The van der Waals surface area contributed by atoms with E-state index in [-0.39, 0.29) is 4.21 Å². The third kappa shape index (κ3) is 4.21. The monoisotopic (exact) mass is 356 g/mol. The summed E-state index contributed by atoms with van der Waals surface area (Å²) in [5, 5.41) is 8.65. The van der Waals surface area contributed by atoms with E-state index in [9.17, 15) is 13.2 Å². The van der Waals surface area contributed by atoms with Crippen LogP contribution in [0.15, 0.2) is 40.6 Å². The maximum Gasteiger partial charge on any atom is 0.273 e. The number of thiophene rings is 1. The summed E-state index contributed by atoms with van der Waals surface area (Å²) in [4.78, 5) is 11.6. The molecule has 0 bridgehead atoms. The van der Waals surface area contributed by atoms with E-state index in [0.717, 1.165) is 11.3 Å². The van der Waals surface area contributed by atoms with E-state index in [0.29, 0.717) is 15.6 Å². The first-order valence-electron chi connectivity index (χ1n) is 5.84. The number of halogens is 1. The lowest BCUT2D eigenvalue weighted by Crippen LogP contribution is -2.34. The largest absolute Gasteiger partial charge is 0.484 e. The maximum atomic E-state index is 11.9. The van der Waals surface area contributed by atoms with Gasteiger partial charge in [-0.1, -0.05) is 11.6 Å². The van der Waals surface area contributed by atoms with Crippen molar-refractivity contribution in [2.45, 2.75) is 4.21 Å². The van der Waals surface area contributed by atoms with Crippen LogP contribution in [0.5, 0.6) is 5.75 Å². The standard InChI is InChI=1S/C13H9ClN2O4S2/c14-11-5-6-13(21-11)22(18,19)16-12(17)8-20-10-3-1-9(7-15)2-4-10/h1-6H,8H2,(H,16,17). The van der Waals surface area contributed by atoms with Crippen LogP contribution in [0.4, 0.5) is 0 Å². The van der Waals surface area contributed by atoms with Gasteiger partial charge < -0.3 is 4.74 Å². The molecule has 1 N–H and O–H groups in total. The average molecular weight is 357 g/mol. The van der Waals surface area contributed by atoms with Crippen LogP contribution in [0, 0.1) is 11.3 Å². The number of sulfonamides is 1. The van der Waals surface area contributed by atoms with E-state index >= 15 is 0 Å².